The van der Waals surface area contributed by atoms with Gasteiger partial charge in [0.25, 0.3) is 0 Å². The summed E-state index contributed by atoms with van der Waals surface area (Å²) in [6.45, 7) is 0.645. The first-order valence-corrected chi connectivity index (χ1v) is 12.2. The number of nitrogens with zero attached hydrogens (tertiary/aromatic N) is 2. The number of hydrogen-bond donors (Lipinski definition) is 0. The maximum atomic E-state index is 14.1. The smallest absolute Gasteiger partial charge is 0.209 e. The minimum absolute atomic E-state index is 0.00984. The lowest BCUT2D eigenvalue weighted by molar-refractivity contribution is 0.0703. The standard InChI is InChI=1S/C31H24N2O3/c34-29-24-18-10-11-19-26(24)35-31-27(29)28-25(20-32(31)22-14-6-2-7-15-22)30(21-12-4-1-5-13-21)36-33(28)23-16-8-3-9-17-23/h1-19,25,28,30H,20H2/t25-,28-,30+/m1/s1. The summed E-state index contributed by atoms with van der Waals surface area (Å²) in [6.07, 6.45) is -0.221. The third kappa shape index (κ3) is 3.24. The molecule has 0 radical (unpaired) electrons. The van der Waals surface area contributed by atoms with Crippen LogP contribution in [0.5, 0.6) is 0 Å². The van der Waals surface area contributed by atoms with Crippen LogP contribution in [0.4, 0.5) is 17.3 Å². The molecule has 0 unspecified atom stereocenters. The van der Waals surface area contributed by atoms with E-state index < -0.39 is 0 Å². The highest BCUT2D eigenvalue weighted by atomic mass is 16.7. The van der Waals surface area contributed by atoms with E-state index in [0.717, 1.165) is 16.9 Å². The van der Waals surface area contributed by atoms with Gasteiger partial charge in [-0.1, -0.05) is 78.9 Å². The van der Waals surface area contributed by atoms with Gasteiger partial charge in [0.05, 0.1) is 22.7 Å². The monoisotopic (exact) mass is 472 g/mol. The van der Waals surface area contributed by atoms with Crippen molar-refractivity contribution in [2.45, 2.75) is 12.1 Å². The molecule has 5 nitrogen and oxygen atoms in total. The number of fused-ring (bicyclic) bond motifs is 4. The average Bonchev–Trinajstić information content (AvgIpc) is 3.33. The second kappa shape index (κ2) is 8.40. The van der Waals surface area contributed by atoms with Gasteiger partial charge in [0.15, 0.2) is 5.43 Å². The van der Waals surface area contributed by atoms with Crippen LogP contribution >= 0.6 is 0 Å². The van der Waals surface area contributed by atoms with E-state index in [0.29, 0.717) is 29.0 Å². The van der Waals surface area contributed by atoms with Crippen LogP contribution < -0.4 is 15.4 Å². The van der Waals surface area contributed by atoms with Crippen LogP contribution in [0.1, 0.15) is 23.3 Å². The van der Waals surface area contributed by atoms with Crippen molar-refractivity contribution in [2.75, 3.05) is 16.5 Å². The van der Waals surface area contributed by atoms with E-state index in [-0.39, 0.29) is 23.5 Å². The molecule has 36 heavy (non-hydrogen) atoms. The molecule has 5 aromatic rings. The van der Waals surface area contributed by atoms with Gasteiger partial charge >= 0.3 is 0 Å². The Morgan fingerprint density at radius 2 is 1.31 bits per heavy atom. The number of hydrogen-bond acceptors (Lipinski definition) is 5. The van der Waals surface area contributed by atoms with Crippen molar-refractivity contribution in [1.29, 1.82) is 0 Å². The highest BCUT2D eigenvalue weighted by molar-refractivity contribution is 5.81. The zero-order valence-corrected chi connectivity index (χ0v) is 19.5. The number of rotatable bonds is 3. The van der Waals surface area contributed by atoms with E-state index in [1.165, 1.54) is 0 Å². The zero-order chi connectivity index (χ0) is 24.1. The SMILES string of the molecule is O=c1c2c(oc3ccccc13)N(c1ccccc1)C[C@H]1[C@H](c3ccccc3)ON(c3ccccc3)[C@@H]21. The molecule has 4 aromatic carbocycles. The van der Waals surface area contributed by atoms with Gasteiger partial charge in [-0.2, -0.15) is 0 Å². The highest BCUT2D eigenvalue weighted by Crippen LogP contribution is 2.54. The van der Waals surface area contributed by atoms with Crippen LogP contribution in [-0.4, -0.2) is 6.54 Å². The largest absolute Gasteiger partial charge is 0.440 e. The lowest BCUT2D eigenvalue weighted by atomic mass is 9.82. The van der Waals surface area contributed by atoms with Gasteiger partial charge in [-0.25, -0.2) is 5.06 Å². The van der Waals surface area contributed by atoms with Gasteiger partial charge in [0.1, 0.15) is 11.7 Å². The van der Waals surface area contributed by atoms with Crippen LogP contribution in [0.3, 0.4) is 0 Å². The van der Waals surface area contributed by atoms with Crippen molar-refractivity contribution in [3.63, 3.8) is 0 Å². The van der Waals surface area contributed by atoms with Crippen molar-refractivity contribution < 1.29 is 9.25 Å². The molecule has 1 saturated heterocycles. The molecule has 5 heteroatoms. The van der Waals surface area contributed by atoms with Crippen molar-refractivity contribution in [2.24, 2.45) is 5.92 Å². The highest BCUT2D eigenvalue weighted by Gasteiger charge is 2.52. The summed E-state index contributed by atoms with van der Waals surface area (Å²) in [7, 11) is 0. The van der Waals surface area contributed by atoms with Gasteiger partial charge in [-0.05, 0) is 42.0 Å². The maximum absolute atomic E-state index is 14.1. The van der Waals surface area contributed by atoms with Crippen molar-refractivity contribution >= 4 is 28.2 Å². The third-order valence-corrected chi connectivity index (χ3v) is 7.23. The molecule has 3 atom stereocenters. The summed E-state index contributed by atoms with van der Waals surface area (Å²) in [5.41, 5.74) is 4.20. The number of benzene rings is 4. The summed E-state index contributed by atoms with van der Waals surface area (Å²) in [6, 6.07) is 37.6. The minimum Gasteiger partial charge on any atom is -0.440 e. The predicted octanol–water partition coefficient (Wildman–Crippen LogP) is 6.80. The van der Waals surface area contributed by atoms with Crippen molar-refractivity contribution in [3.05, 3.63) is 137 Å². The third-order valence-electron chi connectivity index (χ3n) is 7.23. The molecule has 3 heterocycles. The topological polar surface area (TPSA) is 45.9 Å². The maximum Gasteiger partial charge on any atom is 0.209 e. The quantitative estimate of drug-likeness (QED) is 0.289. The fourth-order valence-electron chi connectivity index (χ4n) is 5.61. The van der Waals surface area contributed by atoms with Crippen LogP contribution in [0.25, 0.3) is 11.0 Å². The lowest BCUT2D eigenvalue weighted by Crippen LogP contribution is -2.41. The normalized spacial score (nSPS) is 20.8. The summed E-state index contributed by atoms with van der Waals surface area (Å²) < 4.78 is 6.51. The Hall–Kier alpha value is -4.35. The Bertz CT molecular complexity index is 1580. The molecule has 0 bridgehead atoms. The summed E-state index contributed by atoms with van der Waals surface area (Å²) in [5.74, 6) is 0.578. The molecule has 0 amide bonds. The van der Waals surface area contributed by atoms with Crippen molar-refractivity contribution in [1.82, 2.24) is 0 Å². The van der Waals surface area contributed by atoms with E-state index in [2.05, 4.69) is 29.2 Å². The van der Waals surface area contributed by atoms with Gasteiger partial charge < -0.3 is 9.32 Å². The Kier molecular flexibility index (Phi) is 4.89. The summed E-state index contributed by atoms with van der Waals surface area (Å²) in [5, 5.41) is 2.51. The summed E-state index contributed by atoms with van der Waals surface area (Å²) in [4.78, 5) is 23.0. The second-order valence-corrected chi connectivity index (χ2v) is 9.30. The number of para-hydroxylation sites is 3. The van der Waals surface area contributed by atoms with E-state index in [9.17, 15) is 4.79 Å². The average molecular weight is 473 g/mol. The van der Waals surface area contributed by atoms with Crippen molar-refractivity contribution in [3.8, 4) is 0 Å². The van der Waals surface area contributed by atoms with Crippen LogP contribution in [-0.2, 0) is 4.84 Å². The minimum atomic E-state index is -0.298. The fourth-order valence-corrected chi connectivity index (χ4v) is 5.61. The molecule has 0 saturated carbocycles. The Morgan fingerprint density at radius 3 is 2.03 bits per heavy atom. The molecule has 1 fully saturated rings. The molecular weight excluding hydrogens is 448 g/mol. The molecule has 0 N–H and O–H groups in total. The molecule has 2 aliphatic rings. The van der Waals surface area contributed by atoms with E-state index in [4.69, 9.17) is 9.25 Å². The van der Waals surface area contributed by atoms with Crippen LogP contribution in [0.15, 0.2) is 124 Å². The van der Waals surface area contributed by atoms with E-state index in [1.54, 1.807) is 0 Å². The van der Waals surface area contributed by atoms with E-state index >= 15 is 0 Å². The fraction of sp³-hybridized carbons (Fsp3) is 0.129. The predicted molar refractivity (Wildman–Crippen MR) is 141 cm³/mol. The first kappa shape index (κ1) is 21.0. The molecule has 1 aromatic heterocycles. The Morgan fingerprint density at radius 1 is 0.694 bits per heavy atom. The Balaban J connectivity index is 1.50. The van der Waals surface area contributed by atoms with Gasteiger partial charge in [0.2, 0.25) is 5.88 Å². The van der Waals surface area contributed by atoms with Gasteiger partial charge in [0, 0.05) is 18.2 Å². The van der Waals surface area contributed by atoms with E-state index in [1.807, 2.05) is 96.1 Å². The van der Waals surface area contributed by atoms with Crippen LogP contribution in [0.2, 0.25) is 0 Å². The molecule has 0 spiro atoms. The lowest BCUT2D eigenvalue weighted by Gasteiger charge is -2.38. The molecule has 7 rings (SSSR count). The molecular formula is C31H24N2O3. The number of anilines is 3. The molecule has 176 valence electrons. The molecule has 0 aliphatic carbocycles. The summed E-state index contributed by atoms with van der Waals surface area (Å²) >= 11 is 0. The first-order valence-electron chi connectivity index (χ1n) is 12.2. The van der Waals surface area contributed by atoms with Gasteiger partial charge in [-0.3, -0.25) is 9.63 Å². The van der Waals surface area contributed by atoms with Gasteiger partial charge in [-0.15, -0.1) is 0 Å². The first-order chi connectivity index (χ1) is 17.8. The number of hydroxylamine groups is 1. The molecule has 2 aliphatic heterocycles. The van der Waals surface area contributed by atoms with Crippen LogP contribution in [0, 0.1) is 5.92 Å². The zero-order valence-electron chi connectivity index (χ0n) is 19.5. The Labute approximate surface area is 208 Å². The second-order valence-electron chi connectivity index (χ2n) is 9.30.